The Kier molecular flexibility index (Phi) is 6.27. The number of rotatable bonds is 3. The normalized spacial score (nSPS) is 13.7. The van der Waals surface area contributed by atoms with Crippen molar-refractivity contribution in [3.8, 4) is 0 Å². The molecule has 0 fully saturated rings. The van der Waals surface area contributed by atoms with Crippen LogP contribution in [0.3, 0.4) is 0 Å². The predicted octanol–water partition coefficient (Wildman–Crippen LogP) is 2.89. The monoisotopic (exact) mass is 382 g/mol. The summed E-state index contributed by atoms with van der Waals surface area (Å²) in [5, 5.41) is 19.0. The van der Waals surface area contributed by atoms with Crippen molar-refractivity contribution in [3.05, 3.63) is 59.5 Å². The van der Waals surface area contributed by atoms with E-state index in [4.69, 9.17) is 16.6 Å². The summed E-state index contributed by atoms with van der Waals surface area (Å²) in [6.07, 6.45) is 1.48. The number of nitrogens with zero attached hydrogens (tertiary/aromatic N) is 1. The van der Waals surface area contributed by atoms with Crippen LogP contribution in [0.15, 0.2) is 42.6 Å². The average molecular weight is 382 g/mol. The topological polar surface area (TPSA) is 132 Å². The van der Waals surface area contributed by atoms with Crippen LogP contribution in [0.1, 0.15) is 11.1 Å². The maximum Gasteiger partial charge on any atom is 0.277 e. The van der Waals surface area contributed by atoms with Gasteiger partial charge >= 0.3 is 0 Å². The molecule has 8 heteroatoms. The molecule has 0 atom stereocenters. The van der Waals surface area contributed by atoms with Crippen LogP contribution in [0, 0.1) is 23.6 Å². The van der Waals surface area contributed by atoms with Crippen molar-refractivity contribution >= 4 is 40.0 Å². The third-order valence-electron chi connectivity index (χ3n) is 4.10. The highest BCUT2D eigenvalue weighted by Gasteiger charge is 2.28. The summed E-state index contributed by atoms with van der Waals surface area (Å²) in [5.74, 6) is -0.956. The number of hydrogen-bond acceptors (Lipinski definition) is 6. The van der Waals surface area contributed by atoms with E-state index in [1.54, 1.807) is 37.3 Å². The molecule has 0 unspecified atom stereocenters. The molecule has 2 aromatic carbocycles. The zero-order chi connectivity index (χ0) is 21.0. The molecule has 0 spiro atoms. The van der Waals surface area contributed by atoms with Gasteiger partial charge in [-0.1, -0.05) is 6.07 Å². The predicted molar refractivity (Wildman–Crippen MR) is 112 cm³/mol. The molecule has 0 saturated heterocycles. The summed E-state index contributed by atoms with van der Waals surface area (Å²) in [4.78, 5) is 13.1. The number of aryl methyl sites for hydroxylation is 1. The lowest BCUT2D eigenvalue weighted by molar-refractivity contribution is -0.120. The summed E-state index contributed by atoms with van der Waals surface area (Å²) < 4.78 is 14.2. The van der Waals surface area contributed by atoms with E-state index >= 15 is 0 Å². The Bertz CT molecular complexity index is 983. The number of carbonyl (C=O) groups excluding carboxylic acids is 1. The smallest absolute Gasteiger partial charge is 0.277 e. The van der Waals surface area contributed by atoms with Crippen molar-refractivity contribution in [2.75, 3.05) is 25.1 Å². The first-order valence-electron chi connectivity index (χ1n) is 8.45. The fourth-order valence-electron chi connectivity index (χ4n) is 2.70. The quantitative estimate of drug-likeness (QED) is 0.522. The number of halogens is 1. The van der Waals surface area contributed by atoms with Crippen molar-refractivity contribution in [2.45, 2.75) is 6.92 Å². The van der Waals surface area contributed by atoms with E-state index in [0.29, 0.717) is 22.5 Å². The fourth-order valence-corrected chi connectivity index (χ4v) is 2.70. The summed E-state index contributed by atoms with van der Waals surface area (Å²) in [5.41, 5.74) is 12.7. The van der Waals surface area contributed by atoms with E-state index < -0.39 is 17.4 Å². The van der Waals surface area contributed by atoms with Crippen LogP contribution in [0.25, 0.3) is 5.57 Å². The molecule has 28 heavy (non-hydrogen) atoms. The maximum atomic E-state index is 14.2. The molecule has 3 rings (SSSR count). The number of nitrogens with two attached hydrogens (primary N) is 2. The maximum absolute atomic E-state index is 14.2. The number of nitrogen functional groups attached to an aromatic ring is 1. The number of allylic oxidation sites excluding steroid dienone is 1. The van der Waals surface area contributed by atoms with Gasteiger partial charge in [-0.2, -0.15) is 0 Å². The summed E-state index contributed by atoms with van der Waals surface area (Å²) in [6.45, 7) is 1.80. The van der Waals surface area contributed by atoms with Crippen molar-refractivity contribution in [2.24, 2.45) is 5.73 Å². The summed E-state index contributed by atoms with van der Waals surface area (Å²) in [6, 6.07) is 9.80. The SMILES string of the molecule is CN.Cc1ccc(Nc2ccc(N)cc2C2=CN(C)C(=O)C(=N)C2=N)c(F)c1. The lowest BCUT2D eigenvalue weighted by Crippen LogP contribution is -2.38. The van der Waals surface area contributed by atoms with Gasteiger partial charge in [0.2, 0.25) is 0 Å². The molecule has 0 aliphatic carbocycles. The van der Waals surface area contributed by atoms with Gasteiger partial charge < -0.3 is 21.7 Å². The van der Waals surface area contributed by atoms with Crippen molar-refractivity contribution < 1.29 is 9.18 Å². The molecular weight excluding hydrogens is 359 g/mol. The Morgan fingerprint density at radius 3 is 2.32 bits per heavy atom. The molecule has 0 radical (unpaired) electrons. The Hall–Kier alpha value is -3.52. The van der Waals surface area contributed by atoms with Crippen LogP contribution < -0.4 is 16.8 Å². The van der Waals surface area contributed by atoms with Crippen LogP contribution in [0.4, 0.5) is 21.5 Å². The number of anilines is 3. The molecule has 7 nitrogen and oxygen atoms in total. The van der Waals surface area contributed by atoms with Gasteiger partial charge in [-0.25, -0.2) is 4.39 Å². The standard InChI is InChI=1S/C19H18FN5O.CH5N/c1-10-3-5-16(14(20)7-10)24-15-6-4-11(21)8-12(15)13-9-25(2)19(26)18(23)17(13)22;1-2/h3-9,22-24H,21H2,1-2H3;2H2,1H3. The first kappa shape index (κ1) is 20.8. The first-order valence-corrected chi connectivity index (χ1v) is 8.45. The lowest BCUT2D eigenvalue weighted by atomic mass is 9.93. The molecule has 1 aliphatic rings. The van der Waals surface area contributed by atoms with Crippen LogP contribution in [-0.4, -0.2) is 36.3 Å². The number of hydrogen-bond donors (Lipinski definition) is 5. The molecule has 2 aromatic rings. The fraction of sp³-hybridized carbons (Fsp3) is 0.150. The minimum Gasteiger partial charge on any atom is -0.399 e. The van der Waals surface area contributed by atoms with E-state index in [1.165, 1.54) is 31.3 Å². The van der Waals surface area contributed by atoms with E-state index in [-0.39, 0.29) is 11.4 Å². The highest BCUT2D eigenvalue weighted by atomic mass is 19.1. The summed E-state index contributed by atoms with van der Waals surface area (Å²) in [7, 11) is 3.02. The highest BCUT2D eigenvalue weighted by molar-refractivity contribution is 6.75. The van der Waals surface area contributed by atoms with Gasteiger partial charge in [0.1, 0.15) is 11.5 Å². The number of nitrogens with one attached hydrogen (secondary N) is 3. The van der Waals surface area contributed by atoms with Gasteiger partial charge in [-0.15, -0.1) is 0 Å². The van der Waals surface area contributed by atoms with Gasteiger partial charge in [0.15, 0.2) is 0 Å². The number of carbonyl (C=O) groups is 1. The molecule has 7 N–H and O–H groups in total. The van der Waals surface area contributed by atoms with Crippen molar-refractivity contribution in [1.82, 2.24) is 4.90 Å². The van der Waals surface area contributed by atoms with Gasteiger partial charge in [-0.05, 0) is 49.9 Å². The second kappa shape index (κ2) is 8.45. The largest absolute Gasteiger partial charge is 0.399 e. The minimum absolute atomic E-state index is 0.203. The first-order chi connectivity index (χ1) is 13.3. The second-order valence-corrected chi connectivity index (χ2v) is 6.12. The molecule has 1 amide bonds. The third kappa shape index (κ3) is 4.07. The Labute approximate surface area is 162 Å². The molecule has 146 valence electrons. The van der Waals surface area contributed by atoms with Gasteiger partial charge in [0.25, 0.3) is 5.91 Å². The molecule has 1 heterocycles. The zero-order valence-electron chi connectivity index (χ0n) is 15.9. The van der Waals surface area contributed by atoms with Crippen LogP contribution in [-0.2, 0) is 4.79 Å². The van der Waals surface area contributed by atoms with Gasteiger partial charge in [0, 0.05) is 35.8 Å². The van der Waals surface area contributed by atoms with E-state index in [0.717, 1.165) is 5.56 Å². The third-order valence-corrected chi connectivity index (χ3v) is 4.10. The van der Waals surface area contributed by atoms with Crippen LogP contribution in [0.2, 0.25) is 0 Å². The number of amides is 1. The van der Waals surface area contributed by atoms with Crippen molar-refractivity contribution in [1.29, 1.82) is 10.8 Å². The van der Waals surface area contributed by atoms with E-state index in [1.807, 2.05) is 0 Å². The highest BCUT2D eigenvalue weighted by Crippen LogP contribution is 2.32. The minimum atomic E-state index is -0.554. The molecule has 0 saturated carbocycles. The molecule has 0 aromatic heterocycles. The zero-order valence-corrected chi connectivity index (χ0v) is 15.9. The Morgan fingerprint density at radius 2 is 1.68 bits per heavy atom. The molecule has 0 bridgehead atoms. The Morgan fingerprint density at radius 1 is 1.04 bits per heavy atom. The lowest BCUT2D eigenvalue weighted by Gasteiger charge is -2.24. The van der Waals surface area contributed by atoms with E-state index in [2.05, 4.69) is 11.1 Å². The number of benzene rings is 2. The summed E-state index contributed by atoms with van der Waals surface area (Å²) >= 11 is 0. The second-order valence-electron chi connectivity index (χ2n) is 6.12. The van der Waals surface area contributed by atoms with Crippen LogP contribution >= 0.6 is 0 Å². The van der Waals surface area contributed by atoms with Crippen molar-refractivity contribution in [3.63, 3.8) is 0 Å². The van der Waals surface area contributed by atoms with Gasteiger partial charge in [-0.3, -0.25) is 15.6 Å². The Balaban J connectivity index is 0.00000136. The molecule has 1 aliphatic heterocycles. The van der Waals surface area contributed by atoms with E-state index in [9.17, 15) is 9.18 Å². The average Bonchev–Trinajstić information content (AvgIpc) is 2.68. The van der Waals surface area contributed by atoms with Gasteiger partial charge in [0.05, 0.1) is 11.4 Å². The van der Waals surface area contributed by atoms with Crippen LogP contribution in [0.5, 0.6) is 0 Å². The molecular formula is C20H23FN6O.